The molecule has 3 rings (SSSR count). The lowest BCUT2D eigenvalue weighted by molar-refractivity contribution is -0.127. The summed E-state index contributed by atoms with van der Waals surface area (Å²) >= 11 is 6.21. The molecule has 5 nitrogen and oxygen atoms in total. The van der Waals surface area contributed by atoms with Gasteiger partial charge < -0.3 is 15.0 Å². The van der Waals surface area contributed by atoms with Crippen molar-refractivity contribution in [2.75, 3.05) is 7.05 Å². The van der Waals surface area contributed by atoms with Crippen LogP contribution in [-0.4, -0.2) is 35.9 Å². The number of benzene rings is 2. The Morgan fingerprint density at radius 3 is 2.50 bits per heavy atom. The van der Waals surface area contributed by atoms with Crippen molar-refractivity contribution >= 4 is 23.4 Å². The van der Waals surface area contributed by atoms with Gasteiger partial charge in [-0.3, -0.25) is 9.59 Å². The van der Waals surface area contributed by atoms with Crippen LogP contribution in [0, 0.1) is 5.92 Å². The van der Waals surface area contributed by atoms with Gasteiger partial charge in [0, 0.05) is 18.5 Å². The summed E-state index contributed by atoms with van der Waals surface area (Å²) in [6.07, 6.45) is 5.30. The number of hydrogen-bond acceptors (Lipinski definition) is 3. The molecule has 0 aromatic heterocycles. The molecule has 0 saturated heterocycles. The topological polar surface area (TPSA) is 58.6 Å². The molecule has 2 aromatic carbocycles. The van der Waals surface area contributed by atoms with E-state index in [2.05, 4.69) is 17.5 Å². The molecule has 0 spiro atoms. The number of ether oxygens (including phenoxy) is 1. The fraction of sp³-hybridized carbons (Fsp3) is 0.385. The van der Waals surface area contributed by atoms with Crippen molar-refractivity contribution in [2.45, 2.75) is 51.8 Å². The summed E-state index contributed by atoms with van der Waals surface area (Å²) in [5, 5.41) is 3.78. The van der Waals surface area contributed by atoms with Crippen LogP contribution < -0.4 is 10.1 Å². The van der Waals surface area contributed by atoms with Crippen LogP contribution in [0.2, 0.25) is 5.02 Å². The van der Waals surface area contributed by atoms with Crippen LogP contribution in [0.1, 0.15) is 55.6 Å². The smallest absolute Gasteiger partial charge is 0.258 e. The van der Waals surface area contributed by atoms with Gasteiger partial charge in [0.1, 0.15) is 11.8 Å². The van der Waals surface area contributed by atoms with Gasteiger partial charge in [0.2, 0.25) is 5.91 Å². The third-order valence-corrected chi connectivity index (χ3v) is 5.89. The average molecular weight is 455 g/mol. The van der Waals surface area contributed by atoms with Crippen molar-refractivity contribution in [1.29, 1.82) is 0 Å². The number of para-hydroxylation sites is 1. The third-order valence-electron chi connectivity index (χ3n) is 5.66. The first kappa shape index (κ1) is 23.9. The van der Waals surface area contributed by atoms with E-state index in [-0.39, 0.29) is 29.9 Å². The van der Waals surface area contributed by atoms with Crippen molar-refractivity contribution in [1.82, 2.24) is 10.2 Å². The van der Waals surface area contributed by atoms with Crippen molar-refractivity contribution in [2.24, 2.45) is 5.92 Å². The molecular weight excluding hydrogens is 424 g/mol. The molecule has 6 heteroatoms. The number of likely N-dealkylation sites (N-methyl/N-ethyl adjacent to an activating group) is 1. The predicted molar refractivity (Wildman–Crippen MR) is 128 cm³/mol. The summed E-state index contributed by atoms with van der Waals surface area (Å²) in [6, 6.07) is 13.8. The maximum Gasteiger partial charge on any atom is 0.258 e. The van der Waals surface area contributed by atoms with Crippen molar-refractivity contribution in [3.63, 3.8) is 0 Å². The number of fused-ring (bicyclic) bond motifs is 1. The molecule has 170 valence electrons. The Bertz CT molecular complexity index is 989. The van der Waals surface area contributed by atoms with Gasteiger partial charge in [-0.2, -0.15) is 0 Å². The molecule has 0 unspecified atom stereocenters. The highest BCUT2D eigenvalue weighted by molar-refractivity contribution is 6.30. The third kappa shape index (κ3) is 5.71. The van der Waals surface area contributed by atoms with Crippen LogP contribution in [-0.2, 0) is 4.79 Å². The number of hydrogen-bond donors (Lipinski definition) is 1. The molecule has 0 aliphatic carbocycles. The van der Waals surface area contributed by atoms with Crippen molar-refractivity contribution < 1.29 is 14.3 Å². The highest BCUT2D eigenvalue weighted by Gasteiger charge is 2.33. The number of carbonyl (C=O) groups excluding carboxylic acids is 2. The summed E-state index contributed by atoms with van der Waals surface area (Å²) in [5.74, 6) is 0.00745. The minimum absolute atomic E-state index is 0.0839. The number of amides is 2. The SMILES string of the molecule is CC(C)[C@@H]1C(=O)N[C@H](c2cccc(Cl)c2)C/C=C/C[C@H](C)Oc2ccccc2C(=O)N1C. The van der Waals surface area contributed by atoms with Crippen molar-refractivity contribution in [3.05, 3.63) is 76.8 Å². The Morgan fingerprint density at radius 2 is 1.78 bits per heavy atom. The quantitative estimate of drug-likeness (QED) is 0.617. The van der Waals surface area contributed by atoms with Crippen LogP contribution in [0.25, 0.3) is 0 Å². The van der Waals surface area contributed by atoms with Gasteiger partial charge in [0.15, 0.2) is 0 Å². The monoisotopic (exact) mass is 454 g/mol. The zero-order chi connectivity index (χ0) is 23.3. The first-order valence-corrected chi connectivity index (χ1v) is 11.4. The Morgan fingerprint density at radius 1 is 1.06 bits per heavy atom. The number of nitrogens with zero attached hydrogens (tertiary/aromatic N) is 1. The number of rotatable bonds is 2. The second kappa shape index (κ2) is 10.7. The fourth-order valence-corrected chi connectivity index (χ4v) is 4.23. The van der Waals surface area contributed by atoms with E-state index in [1.165, 1.54) is 4.90 Å². The molecule has 1 aliphatic rings. The highest BCUT2D eigenvalue weighted by atomic mass is 35.5. The van der Waals surface area contributed by atoms with Gasteiger partial charge in [-0.1, -0.05) is 61.9 Å². The lowest BCUT2D eigenvalue weighted by Gasteiger charge is -2.32. The molecule has 0 saturated carbocycles. The molecular formula is C26H31ClN2O3. The van der Waals surface area contributed by atoms with E-state index in [0.717, 1.165) is 5.56 Å². The van der Waals surface area contributed by atoms with Crippen molar-refractivity contribution in [3.8, 4) is 5.75 Å². The Kier molecular flexibility index (Phi) is 7.97. The summed E-state index contributed by atoms with van der Waals surface area (Å²) in [5.41, 5.74) is 1.38. The predicted octanol–water partition coefficient (Wildman–Crippen LogP) is 5.41. The van der Waals surface area contributed by atoms with E-state index >= 15 is 0 Å². The minimum atomic E-state index is -0.637. The van der Waals surface area contributed by atoms with E-state index in [1.54, 1.807) is 25.2 Å². The first-order valence-electron chi connectivity index (χ1n) is 11.0. The van der Waals surface area contributed by atoms with Crippen LogP contribution in [0.4, 0.5) is 0 Å². The summed E-state index contributed by atoms with van der Waals surface area (Å²) in [7, 11) is 1.67. The van der Waals surface area contributed by atoms with Gasteiger partial charge in [-0.15, -0.1) is 0 Å². The molecule has 1 heterocycles. The number of halogens is 1. The lowest BCUT2D eigenvalue weighted by Crippen LogP contribution is -2.51. The molecule has 32 heavy (non-hydrogen) atoms. The number of nitrogens with one attached hydrogen (secondary N) is 1. The van der Waals surface area contributed by atoms with Gasteiger partial charge >= 0.3 is 0 Å². The van der Waals surface area contributed by atoms with Gasteiger partial charge in [0.25, 0.3) is 5.91 Å². The van der Waals surface area contributed by atoms with Gasteiger partial charge in [-0.25, -0.2) is 0 Å². The standard InChI is InChI=1S/C26H31ClN2O3/c1-17(2)24-25(30)28-22(19-11-9-12-20(27)16-19)14-7-5-10-18(3)32-23-15-8-6-13-21(23)26(31)29(24)4/h5-9,11-13,15-18,22,24H,10,14H2,1-4H3,(H,28,30)/b7-5+/t18-,22-,24+/m0/s1. The molecule has 0 bridgehead atoms. The van der Waals surface area contributed by atoms with Crippen LogP contribution >= 0.6 is 11.6 Å². The normalized spacial score (nSPS) is 23.7. The highest BCUT2D eigenvalue weighted by Crippen LogP contribution is 2.26. The Balaban J connectivity index is 2.01. The van der Waals surface area contributed by atoms with E-state index in [0.29, 0.717) is 29.2 Å². The van der Waals surface area contributed by atoms with Crippen LogP contribution in [0.5, 0.6) is 5.75 Å². The fourth-order valence-electron chi connectivity index (χ4n) is 4.03. The van der Waals surface area contributed by atoms with Crippen LogP contribution in [0.3, 0.4) is 0 Å². The second-order valence-electron chi connectivity index (χ2n) is 8.59. The summed E-state index contributed by atoms with van der Waals surface area (Å²) in [4.78, 5) is 28.3. The summed E-state index contributed by atoms with van der Waals surface area (Å²) in [6.45, 7) is 5.86. The van der Waals surface area contributed by atoms with E-state index in [1.807, 2.05) is 51.1 Å². The van der Waals surface area contributed by atoms with Crippen LogP contribution in [0.15, 0.2) is 60.7 Å². The largest absolute Gasteiger partial charge is 0.490 e. The average Bonchev–Trinajstić information content (AvgIpc) is 2.75. The Hall–Kier alpha value is -2.79. The van der Waals surface area contributed by atoms with E-state index < -0.39 is 6.04 Å². The molecule has 1 N–H and O–H groups in total. The van der Waals surface area contributed by atoms with Gasteiger partial charge in [0.05, 0.1) is 17.7 Å². The maximum absolute atomic E-state index is 13.4. The molecule has 1 aliphatic heterocycles. The zero-order valence-electron chi connectivity index (χ0n) is 19.0. The molecule has 0 radical (unpaired) electrons. The summed E-state index contributed by atoms with van der Waals surface area (Å²) < 4.78 is 6.09. The number of carbonyl (C=O) groups is 2. The first-order chi connectivity index (χ1) is 15.3. The van der Waals surface area contributed by atoms with E-state index in [9.17, 15) is 9.59 Å². The molecule has 3 atom stereocenters. The Labute approximate surface area is 195 Å². The second-order valence-corrected chi connectivity index (χ2v) is 9.02. The molecule has 0 fully saturated rings. The van der Waals surface area contributed by atoms with Gasteiger partial charge in [-0.05, 0) is 49.1 Å². The zero-order valence-corrected chi connectivity index (χ0v) is 19.8. The molecule has 2 aromatic rings. The maximum atomic E-state index is 13.4. The molecule has 2 amide bonds. The lowest BCUT2D eigenvalue weighted by atomic mass is 9.98. The van der Waals surface area contributed by atoms with E-state index in [4.69, 9.17) is 16.3 Å². The minimum Gasteiger partial charge on any atom is -0.490 e.